The van der Waals surface area contributed by atoms with E-state index < -0.39 is 17.9 Å². The SMILES string of the molecule is CO/N=C/c1c(C(C(=O)OC)C(=O)OC)[nH]c2ccccc12. The fourth-order valence-corrected chi connectivity index (χ4v) is 2.22. The monoisotopic (exact) mass is 304 g/mol. The Morgan fingerprint density at radius 3 is 2.36 bits per heavy atom. The number of ether oxygens (including phenoxy) is 2. The number of methoxy groups -OCH3 is 2. The molecule has 116 valence electrons. The number of rotatable bonds is 5. The lowest BCUT2D eigenvalue weighted by Crippen LogP contribution is -2.25. The van der Waals surface area contributed by atoms with Crippen molar-refractivity contribution in [1.29, 1.82) is 0 Å². The summed E-state index contributed by atoms with van der Waals surface area (Å²) < 4.78 is 9.42. The highest BCUT2D eigenvalue weighted by Gasteiger charge is 2.34. The minimum absolute atomic E-state index is 0.348. The number of benzene rings is 1. The minimum Gasteiger partial charge on any atom is -0.468 e. The molecule has 1 aromatic carbocycles. The van der Waals surface area contributed by atoms with Crippen molar-refractivity contribution in [3.05, 3.63) is 35.5 Å². The third-order valence-corrected chi connectivity index (χ3v) is 3.23. The van der Waals surface area contributed by atoms with Crippen molar-refractivity contribution in [2.45, 2.75) is 5.92 Å². The summed E-state index contributed by atoms with van der Waals surface area (Å²) in [5.41, 5.74) is 1.67. The molecule has 0 aliphatic heterocycles. The van der Waals surface area contributed by atoms with Crippen molar-refractivity contribution < 1.29 is 23.9 Å². The van der Waals surface area contributed by atoms with Gasteiger partial charge in [-0.25, -0.2) is 0 Å². The maximum atomic E-state index is 12.0. The van der Waals surface area contributed by atoms with Crippen LogP contribution in [0.15, 0.2) is 29.4 Å². The molecule has 0 fully saturated rings. The van der Waals surface area contributed by atoms with Crippen molar-refractivity contribution in [2.75, 3.05) is 21.3 Å². The van der Waals surface area contributed by atoms with Crippen LogP contribution < -0.4 is 0 Å². The second-order valence-electron chi connectivity index (χ2n) is 4.39. The Labute approximate surface area is 126 Å². The Morgan fingerprint density at radius 2 is 1.77 bits per heavy atom. The van der Waals surface area contributed by atoms with Crippen LogP contribution in [0.3, 0.4) is 0 Å². The number of esters is 2. The number of carbonyl (C=O) groups is 2. The summed E-state index contributed by atoms with van der Waals surface area (Å²) >= 11 is 0. The lowest BCUT2D eigenvalue weighted by Gasteiger charge is -2.12. The largest absolute Gasteiger partial charge is 0.468 e. The molecule has 7 nitrogen and oxygen atoms in total. The molecule has 0 saturated heterocycles. The molecular weight excluding hydrogens is 288 g/mol. The lowest BCUT2D eigenvalue weighted by molar-refractivity contribution is -0.154. The highest BCUT2D eigenvalue weighted by molar-refractivity contribution is 6.07. The number of aromatic amines is 1. The number of nitrogens with one attached hydrogen (secondary N) is 1. The summed E-state index contributed by atoms with van der Waals surface area (Å²) in [4.78, 5) is 31.7. The smallest absolute Gasteiger partial charge is 0.326 e. The second-order valence-corrected chi connectivity index (χ2v) is 4.39. The van der Waals surface area contributed by atoms with Crippen LogP contribution in [0.1, 0.15) is 17.2 Å². The van der Waals surface area contributed by atoms with E-state index in [1.165, 1.54) is 27.5 Å². The average molecular weight is 304 g/mol. The topological polar surface area (TPSA) is 90.0 Å². The summed E-state index contributed by atoms with van der Waals surface area (Å²) in [6.07, 6.45) is 1.44. The van der Waals surface area contributed by atoms with Gasteiger partial charge in [0, 0.05) is 16.5 Å². The molecule has 0 radical (unpaired) electrons. The molecule has 0 bridgehead atoms. The molecule has 7 heteroatoms. The van der Waals surface area contributed by atoms with Crippen LogP contribution >= 0.6 is 0 Å². The van der Waals surface area contributed by atoms with Crippen molar-refractivity contribution in [2.24, 2.45) is 5.16 Å². The first kappa shape index (κ1) is 15.6. The van der Waals surface area contributed by atoms with Crippen LogP contribution in [0.25, 0.3) is 10.9 Å². The molecule has 1 aromatic heterocycles. The molecule has 0 spiro atoms. The second kappa shape index (κ2) is 6.75. The van der Waals surface area contributed by atoms with E-state index in [1.54, 1.807) is 0 Å². The van der Waals surface area contributed by atoms with Crippen LogP contribution in [0, 0.1) is 0 Å². The minimum atomic E-state index is -1.22. The highest BCUT2D eigenvalue weighted by Crippen LogP contribution is 2.28. The van der Waals surface area contributed by atoms with Crippen LogP contribution in [0.2, 0.25) is 0 Å². The van der Waals surface area contributed by atoms with Crippen LogP contribution in [-0.4, -0.2) is 44.5 Å². The van der Waals surface area contributed by atoms with Gasteiger partial charge in [0.2, 0.25) is 0 Å². The molecule has 2 rings (SSSR count). The average Bonchev–Trinajstić information content (AvgIpc) is 2.90. The van der Waals surface area contributed by atoms with E-state index in [9.17, 15) is 9.59 Å². The molecule has 0 unspecified atom stereocenters. The molecule has 2 aromatic rings. The zero-order chi connectivity index (χ0) is 16.1. The number of H-pyrrole nitrogens is 1. The molecule has 0 saturated carbocycles. The molecule has 22 heavy (non-hydrogen) atoms. The number of aromatic nitrogens is 1. The lowest BCUT2D eigenvalue weighted by atomic mass is 10.0. The number of fused-ring (bicyclic) bond motifs is 1. The van der Waals surface area contributed by atoms with Gasteiger partial charge in [0.1, 0.15) is 7.11 Å². The Hall–Kier alpha value is -2.83. The van der Waals surface area contributed by atoms with E-state index in [2.05, 4.69) is 10.1 Å². The zero-order valence-electron chi connectivity index (χ0n) is 12.5. The third-order valence-electron chi connectivity index (χ3n) is 3.23. The van der Waals surface area contributed by atoms with Gasteiger partial charge in [-0.2, -0.15) is 0 Å². The van der Waals surface area contributed by atoms with E-state index in [0.29, 0.717) is 11.3 Å². The van der Waals surface area contributed by atoms with Gasteiger partial charge in [-0.15, -0.1) is 0 Å². The molecule has 0 aliphatic carbocycles. The predicted molar refractivity (Wildman–Crippen MR) is 79.7 cm³/mol. The van der Waals surface area contributed by atoms with Gasteiger partial charge in [0.05, 0.1) is 26.1 Å². The van der Waals surface area contributed by atoms with Gasteiger partial charge in [-0.05, 0) is 6.07 Å². The summed E-state index contributed by atoms with van der Waals surface area (Å²) in [7, 11) is 3.83. The number of hydrogen-bond acceptors (Lipinski definition) is 6. The van der Waals surface area contributed by atoms with E-state index in [1.807, 2.05) is 24.3 Å². The summed E-state index contributed by atoms with van der Waals surface area (Å²) in [5.74, 6) is -2.66. The predicted octanol–water partition coefficient (Wildman–Crippen LogP) is 1.58. The Kier molecular flexibility index (Phi) is 4.77. The number of nitrogens with zero attached hydrogens (tertiary/aromatic N) is 1. The van der Waals surface area contributed by atoms with Crippen molar-refractivity contribution in [3.8, 4) is 0 Å². The van der Waals surface area contributed by atoms with Crippen LogP contribution in [0.4, 0.5) is 0 Å². The van der Waals surface area contributed by atoms with Crippen molar-refractivity contribution >= 4 is 29.1 Å². The van der Waals surface area contributed by atoms with Gasteiger partial charge in [-0.3, -0.25) is 9.59 Å². The first-order valence-corrected chi connectivity index (χ1v) is 6.46. The normalized spacial score (nSPS) is 11.1. The standard InChI is InChI=1S/C15H16N2O5/c1-20-14(18)12(15(19)21-2)13-10(8-16-22-3)9-6-4-5-7-11(9)17-13/h4-8,12,17H,1-3H3/b16-8+. The summed E-state index contributed by atoms with van der Waals surface area (Å²) in [6, 6.07) is 7.35. The third kappa shape index (κ3) is 2.78. The Balaban J connectivity index is 2.67. The van der Waals surface area contributed by atoms with E-state index in [4.69, 9.17) is 14.3 Å². The van der Waals surface area contributed by atoms with Gasteiger partial charge >= 0.3 is 11.9 Å². The van der Waals surface area contributed by atoms with Crippen molar-refractivity contribution in [3.63, 3.8) is 0 Å². The number of para-hydroxylation sites is 1. The molecule has 0 atom stereocenters. The summed E-state index contributed by atoms with van der Waals surface area (Å²) in [5, 5.41) is 4.53. The molecule has 0 aliphatic rings. The van der Waals surface area contributed by atoms with Gasteiger partial charge < -0.3 is 19.3 Å². The molecule has 0 amide bonds. The van der Waals surface area contributed by atoms with E-state index in [-0.39, 0.29) is 0 Å². The van der Waals surface area contributed by atoms with E-state index >= 15 is 0 Å². The maximum Gasteiger partial charge on any atom is 0.326 e. The number of oxime groups is 1. The molecule has 1 N–H and O–H groups in total. The van der Waals surface area contributed by atoms with E-state index in [0.717, 1.165) is 10.9 Å². The molecule has 1 heterocycles. The zero-order valence-corrected chi connectivity index (χ0v) is 12.5. The summed E-state index contributed by atoms with van der Waals surface area (Å²) in [6.45, 7) is 0. The number of carbonyl (C=O) groups excluding carboxylic acids is 2. The van der Waals surface area contributed by atoms with Crippen LogP contribution in [-0.2, 0) is 23.9 Å². The maximum absolute atomic E-state index is 12.0. The van der Waals surface area contributed by atoms with Gasteiger partial charge in [-0.1, -0.05) is 23.4 Å². The molecular formula is C15H16N2O5. The fraction of sp³-hybridized carbons (Fsp3) is 0.267. The van der Waals surface area contributed by atoms with Gasteiger partial charge in [0.15, 0.2) is 5.92 Å². The highest BCUT2D eigenvalue weighted by atomic mass is 16.6. The van der Waals surface area contributed by atoms with Gasteiger partial charge in [0.25, 0.3) is 0 Å². The number of hydrogen-bond donors (Lipinski definition) is 1. The Morgan fingerprint density at radius 1 is 1.14 bits per heavy atom. The first-order chi connectivity index (χ1) is 10.6. The Bertz CT molecular complexity index is 704. The van der Waals surface area contributed by atoms with Crippen molar-refractivity contribution in [1.82, 2.24) is 4.98 Å². The first-order valence-electron chi connectivity index (χ1n) is 6.46. The van der Waals surface area contributed by atoms with Crippen LogP contribution in [0.5, 0.6) is 0 Å². The fourth-order valence-electron chi connectivity index (χ4n) is 2.22. The quantitative estimate of drug-likeness (QED) is 0.392.